The van der Waals surface area contributed by atoms with Crippen LogP contribution in [0.25, 0.3) is 0 Å². The first-order valence-electron chi connectivity index (χ1n) is 8.77. The number of carbonyl (C=O) groups excluding carboxylic acids is 1. The van der Waals surface area contributed by atoms with Crippen molar-refractivity contribution in [1.82, 2.24) is 4.90 Å². The van der Waals surface area contributed by atoms with Crippen molar-refractivity contribution < 1.29 is 14.3 Å². The van der Waals surface area contributed by atoms with E-state index >= 15 is 0 Å². The van der Waals surface area contributed by atoms with Crippen LogP contribution in [0.3, 0.4) is 0 Å². The number of hydrogen-bond acceptors (Lipinski definition) is 3. The van der Waals surface area contributed by atoms with Crippen LogP contribution in [0, 0.1) is 0 Å². The van der Waals surface area contributed by atoms with Gasteiger partial charge in [0.2, 0.25) is 5.91 Å². The van der Waals surface area contributed by atoms with E-state index in [0.29, 0.717) is 19.5 Å². The third kappa shape index (κ3) is 4.60. The van der Waals surface area contributed by atoms with Gasteiger partial charge in [0.15, 0.2) is 0 Å². The number of nitrogens with zero attached hydrogens (tertiary/aromatic N) is 1. The predicted molar refractivity (Wildman–Crippen MR) is 97.6 cm³/mol. The summed E-state index contributed by atoms with van der Waals surface area (Å²) in [5.41, 5.74) is 2.28. The summed E-state index contributed by atoms with van der Waals surface area (Å²) in [5.74, 6) is 1.02. The third-order valence-electron chi connectivity index (χ3n) is 4.57. The molecule has 4 heteroatoms. The van der Waals surface area contributed by atoms with Crippen LogP contribution in [0.1, 0.15) is 30.6 Å². The van der Waals surface area contributed by atoms with E-state index in [0.717, 1.165) is 23.3 Å². The van der Waals surface area contributed by atoms with Crippen molar-refractivity contribution in [2.24, 2.45) is 0 Å². The van der Waals surface area contributed by atoms with Gasteiger partial charge in [-0.15, -0.1) is 0 Å². The van der Waals surface area contributed by atoms with Crippen molar-refractivity contribution in [2.45, 2.75) is 32.0 Å². The minimum atomic E-state index is -0.0464. The van der Waals surface area contributed by atoms with E-state index in [1.54, 1.807) is 7.11 Å². The Labute approximate surface area is 149 Å². The van der Waals surface area contributed by atoms with Gasteiger partial charge in [-0.2, -0.15) is 0 Å². The molecular weight excluding hydrogens is 314 g/mol. The van der Waals surface area contributed by atoms with Gasteiger partial charge in [-0.25, -0.2) is 0 Å². The maximum Gasteiger partial charge on any atom is 0.223 e. The van der Waals surface area contributed by atoms with Crippen molar-refractivity contribution >= 4 is 5.91 Å². The maximum absolute atomic E-state index is 12.7. The zero-order valence-electron chi connectivity index (χ0n) is 14.9. The van der Waals surface area contributed by atoms with Gasteiger partial charge in [0.25, 0.3) is 0 Å². The molecule has 0 aliphatic carbocycles. The highest BCUT2D eigenvalue weighted by Gasteiger charge is 2.28. The summed E-state index contributed by atoms with van der Waals surface area (Å²) in [6.45, 7) is 3.30. The molecule has 1 saturated heterocycles. The lowest BCUT2D eigenvalue weighted by atomic mass is 10.1. The third-order valence-corrected chi connectivity index (χ3v) is 4.57. The van der Waals surface area contributed by atoms with E-state index in [1.807, 2.05) is 54.3 Å². The molecule has 2 atom stereocenters. The first-order chi connectivity index (χ1) is 12.2. The van der Waals surface area contributed by atoms with Crippen molar-refractivity contribution in [3.63, 3.8) is 0 Å². The second kappa shape index (κ2) is 8.17. The number of aryl methyl sites for hydroxylation is 1. The molecule has 0 saturated carbocycles. The molecule has 1 fully saturated rings. The van der Waals surface area contributed by atoms with Crippen LogP contribution in [-0.4, -0.2) is 37.1 Å². The van der Waals surface area contributed by atoms with Crippen LogP contribution in [0.2, 0.25) is 0 Å². The van der Waals surface area contributed by atoms with Crippen LogP contribution in [0.5, 0.6) is 5.75 Å². The fourth-order valence-corrected chi connectivity index (χ4v) is 3.21. The molecule has 1 aliphatic rings. The molecule has 2 aromatic rings. The van der Waals surface area contributed by atoms with Crippen molar-refractivity contribution in [2.75, 3.05) is 20.2 Å². The molecule has 4 nitrogen and oxygen atoms in total. The zero-order valence-corrected chi connectivity index (χ0v) is 14.9. The lowest BCUT2D eigenvalue weighted by molar-refractivity contribution is -0.144. The molecule has 0 bridgehead atoms. The summed E-state index contributed by atoms with van der Waals surface area (Å²) in [5, 5.41) is 0. The molecule has 25 heavy (non-hydrogen) atoms. The summed E-state index contributed by atoms with van der Waals surface area (Å²) >= 11 is 0. The molecule has 0 N–H and O–H groups in total. The van der Waals surface area contributed by atoms with E-state index in [4.69, 9.17) is 9.47 Å². The Balaban J connectivity index is 1.58. The molecule has 1 amide bonds. The number of morpholine rings is 1. The largest absolute Gasteiger partial charge is 0.497 e. The van der Waals surface area contributed by atoms with E-state index < -0.39 is 0 Å². The average molecular weight is 339 g/mol. The van der Waals surface area contributed by atoms with Gasteiger partial charge in [0.1, 0.15) is 11.9 Å². The molecule has 0 spiro atoms. The Morgan fingerprint density at radius 3 is 2.52 bits per heavy atom. The molecule has 1 heterocycles. The second-order valence-electron chi connectivity index (χ2n) is 6.49. The SMILES string of the molecule is COc1ccc(CCC(=O)N2CC(C)OC(c3ccccc3)C2)cc1. The molecule has 3 rings (SSSR count). The van der Waals surface area contributed by atoms with Crippen molar-refractivity contribution in [3.8, 4) is 5.75 Å². The van der Waals surface area contributed by atoms with Crippen LogP contribution in [0.15, 0.2) is 54.6 Å². The van der Waals surface area contributed by atoms with Gasteiger partial charge in [0.05, 0.1) is 19.8 Å². The number of amides is 1. The minimum Gasteiger partial charge on any atom is -0.497 e. The molecule has 0 aromatic heterocycles. The van der Waals surface area contributed by atoms with Crippen LogP contribution < -0.4 is 4.74 Å². The first kappa shape index (κ1) is 17.5. The van der Waals surface area contributed by atoms with E-state index in [9.17, 15) is 4.79 Å². The fraction of sp³-hybridized carbons (Fsp3) is 0.381. The van der Waals surface area contributed by atoms with Crippen molar-refractivity contribution in [1.29, 1.82) is 0 Å². The average Bonchev–Trinajstić information content (AvgIpc) is 2.66. The van der Waals surface area contributed by atoms with Gasteiger partial charge in [-0.3, -0.25) is 4.79 Å². The highest BCUT2D eigenvalue weighted by atomic mass is 16.5. The van der Waals surface area contributed by atoms with E-state index in [1.165, 1.54) is 0 Å². The summed E-state index contributed by atoms with van der Waals surface area (Å²) in [7, 11) is 1.65. The molecule has 132 valence electrons. The van der Waals surface area contributed by atoms with Gasteiger partial charge < -0.3 is 14.4 Å². The van der Waals surface area contributed by atoms with E-state index in [2.05, 4.69) is 12.1 Å². The zero-order chi connectivity index (χ0) is 17.6. The Hall–Kier alpha value is -2.33. The number of benzene rings is 2. The lowest BCUT2D eigenvalue weighted by Crippen LogP contribution is -2.46. The van der Waals surface area contributed by atoms with Gasteiger partial charge in [0, 0.05) is 13.0 Å². The summed E-state index contributed by atoms with van der Waals surface area (Å²) in [4.78, 5) is 14.6. The summed E-state index contributed by atoms with van der Waals surface area (Å²) in [6.07, 6.45) is 1.25. The predicted octanol–water partition coefficient (Wildman–Crippen LogP) is 3.62. The first-order valence-corrected chi connectivity index (χ1v) is 8.77. The van der Waals surface area contributed by atoms with Crippen LogP contribution in [0.4, 0.5) is 0 Å². The van der Waals surface area contributed by atoms with E-state index in [-0.39, 0.29) is 18.1 Å². The number of hydrogen-bond donors (Lipinski definition) is 0. The van der Waals surface area contributed by atoms with Crippen LogP contribution in [-0.2, 0) is 16.0 Å². The van der Waals surface area contributed by atoms with Gasteiger partial charge in [-0.1, -0.05) is 42.5 Å². The summed E-state index contributed by atoms with van der Waals surface area (Å²) < 4.78 is 11.2. The topological polar surface area (TPSA) is 38.8 Å². The Morgan fingerprint density at radius 1 is 1.12 bits per heavy atom. The molecule has 2 unspecified atom stereocenters. The normalized spacial score (nSPS) is 20.3. The number of methoxy groups -OCH3 is 1. The number of carbonyl (C=O) groups is 1. The standard InChI is InChI=1S/C21H25NO3/c1-16-14-22(15-20(25-16)18-6-4-3-5-7-18)21(23)13-10-17-8-11-19(24-2)12-9-17/h3-9,11-12,16,20H,10,13-15H2,1-2H3. The Morgan fingerprint density at radius 2 is 1.84 bits per heavy atom. The smallest absolute Gasteiger partial charge is 0.223 e. The highest BCUT2D eigenvalue weighted by molar-refractivity contribution is 5.76. The summed E-state index contributed by atoms with van der Waals surface area (Å²) in [6, 6.07) is 18.0. The highest BCUT2D eigenvalue weighted by Crippen LogP contribution is 2.25. The van der Waals surface area contributed by atoms with Crippen LogP contribution >= 0.6 is 0 Å². The maximum atomic E-state index is 12.7. The number of ether oxygens (including phenoxy) is 2. The molecule has 1 aliphatic heterocycles. The minimum absolute atomic E-state index is 0.0453. The molecule has 0 radical (unpaired) electrons. The van der Waals surface area contributed by atoms with Gasteiger partial charge >= 0.3 is 0 Å². The second-order valence-corrected chi connectivity index (χ2v) is 6.49. The lowest BCUT2D eigenvalue weighted by Gasteiger charge is -2.37. The molecular formula is C21H25NO3. The monoisotopic (exact) mass is 339 g/mol. The van der Waals surface area contributed by atoms with Gasteiger partial charge in [-0.05, 0) is 36.6 Å². The quantitative estimate of drug-likeness (QED) is 0.835. The molecule has 2 aromatic carbocycles. The fourth-order valence-electron chi connectivity index (χ4n) is 3.21. The van der Waals surface area contributed by atoms with Crippen molar-refractivity contribution in [3.05, 3.63) is 65.7 Å². The Kier molecular flexibility index (Phi) is 5.71. The Bertz CT molecular complexity index is 684. The number of rotatable bonds is 5.